The van der Waals surface area contributed by atoms with Crippen molar-refractivity contribution in [1.82, 2.24) is 68.5 Å². The lowest BCUT2D eigenvalue weighted by Gasteiger charge is -2.47. The van der Waals surface area contributed by atoms with Crippen molar-refractivity contribution >= 4 is 104 Å². The molecule has 38 nitrogen and oxygen atoms in total. The number of sulfonamides is 4. The van der Waals surface area contributed by atoms with E-state index >= 15 is 0 Å². The molecule has 5 aliphatic rings. The van der Waals surface area contributed by atoms with Crippen molar-refractivity contribution in [2.75, 3.05) is 89.8 Å². The zero-order valence-corrected chi connectivity index (χ0v) is 87.8. The van der Waals surface area contributed by atoms with E-state index in [0.29, 0.717) is 149 Å². The number of ether oxygens (including phenoxy) is 3. The Labute approximate surface area is 859 Å². The van der Waals surface area contributed by atoms with E-state index in [4.69, 9.17) is 51.3 Å². The number of amides is 4. The van der Waals surface area contributed by atoms with Crippen molar-refractivity contribution in [2.24, 2.45) is 41.4 Å². The maximum Gasteiger partial charge on any atom is 0.281 e. The highest BCUT2D eigenvalue weighted by Gasteiger charge is 2.51. The minimum Gasteiger partial charge on any atom is -0.507 e. The Balaban J connectivity index is 0.000000156. The van der Waals surface area contributed by atoms with Crippen LogP contribution in [0.4, 0.5) is 49.5 Å². The molecule has 148 heavy (non-hydrogen) atoms. The van der Waals surface area contributed by atoms with Gasteiger partial charge >= 0.3 is 0 Å². The second kappa shape index (κ2) is 44.9. The number of nitrogens with two attached hydrogens (primary N) is 3. The quantitative estimate of drug-likeness (QED) is 0.0231. The fraction of sp³-hybridized carbons (Fsp3) is 0.375. The predicted molar refractivity (Wildman–Crippen MR) is 559 cm³/mol. The van der Waals surface area contributed by atoms with Gasteiger partial charge in [0.05, 0.1) is 59.7 Å². The van der Waals surface area contributed by atoms with Crippen molar-refractivity contribution in [2.45, 2.75) is 178 Å². The van der Waals surface area contributed by atoms with Gasteiger partial charge in [0.25, 0.3) is 69.3 Å². The van der Waals surface area contributed by atoms with E-state index in [2.05, 4.69) is 92.6 Å². The van der Waals surface area contributed by atoms with Crippen molar-refractivity contribution in [3.05, 3.63) is 239 Å². The summed E-state index contributed by atoms with van der Waals surface area (Å²) in [7, 11) is -15.8. The zero-order chi connectivity index (χ0) is 107. The minimum absolute atomic E-state index is 0.0153. The Morgan fingerprint density at radius 2 is 1.02 bits per heavy atom. The minimum atomic E-state index is -4.42. The summed E-state index contributed by atoms with van der Waals surface area (Å²) in [5, 5.41) is 14.4. The van der Waals surface area contributed by atoms with Gasteiger partial charge in [0.2, 0.25) is 5.88 Å². The standard InChI is InChI=1S/C29H36FN5O4S.C26H33N7O4S.C25H28FN5O4S.C24H26N4O5S/c1-18(2)17-39-23-14-21(13-22(30)15-23)25-9-8-24(28(32-25)35-11-10-19(3)12-20(4)16-35)29(36)34-40(37,38)27-7-5-6-26(31)33-27;1-17(2)16-37-22-9-13-33(30-22)21-8-7-19(24(29-21)32-15-18(3)14-26(32)10-5-11-26)25(34)31-38(35,36)20-6-4-12-28-23(20)27;1-15-13-25(2,3)31(14-15)23-18(24(32)30-36(33,34)21-6-5-11-28-22(21)27)9-10-19(29-23)17-8-7-16(26)12-20(17)35-4;1-15-13-24(2,3)28(14-15)21-17(10-11-18(26-21)16-7-4-5-8-19(16)29)22(30)27-34(32,33)20-9-6-12-25-23(20)31/h5-9,13-15,18-20H,10-12,16-17H2,1-4H3,(H2,31,33)(H,34,36);4,6-9,12-13,17-18H,5,10-11,14-16H2,1-3H3,(H2,27,28)(H,31,34);5-12,15H,13-14H2,1-4H3,(H2,27,28)(H,30,32);4-12,15,29H,13-14H2,1-3H3,(H,25,31)(H,27,30)/t;;2*15-/m..00/s1. The van der Waals surface area contributed by atoms with Gasteiger partial charge in [-0.25, -0.2) is 92.5 Å². The molecule has 0 bridgehead atoms. The Bertz CT molecular complexity index is 7520. The number of nitrogen functional groups attached to an aromatic ring is 3. The Morgan fingerprint density at radius 1 is 0.507 bits per heavy atom. The molecule has 17 rings (SSSR count). The number of halogens is 2. The summed E-state index contributed by atoms with van der Waals surface area (Å²) in [4.78, 5) is 105. The number of rotatable bonds is 27. The van der Waals surface area contributed by atoms with Crippen LogP contribution in [0.3, 0.4) is 0 Å². The molecule has 4 saturated heterocycles. The third-order valence-corrected chi connectivity index (χ3v) is 31.2. The molecule has 13 heterocycles. The van der Waals surface area contributed by atoms with Crippen molar-refractivity contribution in [3.63, 3.8) is 0 Å². The number of hydrogen-bond acceptors (Lipinski definition) is 32. The van der Waals surface area contributed by atoms with E-state index in [1.165, 1.54) is 117 Å². The average Bonchev–Trinajstić information content (AvgIpc) is 1.56. The number of aromatic nitrogens is 10. The number of pyridine rings is 8. The molecule has 1 aliphatic carbocycles. The van der Waals surface area contributed by atoms with Gasteiger partial charge in [-0.1, -0.05) is 80.5 Å². The number of nitrogens with zero attached hydrogens (tertiary/aromatic N) is 13. The SMILES string of the molecule is CC(C)COc1cc(F)cc(-c2ccc(C(=O)NS(=O)(=O)c3cccc(N)n3)c(N3CCC(C)CC(C)C3)n2)c1.CC(C)COc1ccn(-c2ccc(C(=O)NS(=O)(=O)c3cccnc3N)c(N3CC(C)CC34CCC4)n2)n1.COc1cc(F)ccc1-c1ccc(C(=O)NS(=O)(=O)c2cccnc2N)c(N2C[C@@H](C)CC2(C)C)n1.C[C@@H]1CN(c2nc(-c3ccccc3O)ccc2C(=O)NS(=O)(=O)c2ccc[nH]c2=O)C(C)(C)C1. The van der Waals surface area contributed by atoms with Gasteiger partial charge in [-0.15, -0.1) is 5.10 Å². The number of hydrogen-bond donors (Lipinski definition) is 9. The van der Waals surface area contributed by atoms with Crippen LogP contribution in [0.1, 0.15) is 183 Å². The molecule has 12 aromatic rings. The molecule has 9 aromatic heterocycles. The van der Waals surface area contributed by atoms with Crippen LogP contribution < -0.4 is 75.5 Å². The molecule has 44 heteroatoms. The van der Waals surface area contributed by atoms with Gasteiger partial charge in [-0.2, -0.15) is 8.42 Å². The lowest BCUT2D eigenvalue weighted by molar-refractivity contribution is 0.0972. The van der Waals surface area contributed by atoms with Crippen LogP contribution in [-0.4, -0.2) is 182 Å². The third-order valence-electron chi connectivity index (χ3n) is 25.9. The van der Waals surface area contributed by atoms with Gasteiger partial charge < -0.3 is 61.1 Å². The summed E-state index contributed by atoms with van der Waals surface area (Å²) < 4.78 is 158. The van der Waals surface area contributed by atoms with Crippen LogP contribution in [0.2, 0.25) is 0 Å². The molecule has 5 fully saturated rings. The van der Waals surface area contributed by atoms with E-state index in [-0.39, 0.29) is 88.6 Å². The summed E-state index contributed by atoms with van der Waals surface area (Å²) in [6.45, 7) is 31.2. The number of nitrogens with one attached hydrogen (secondary N) is 5. The van der Waals surface area contributed by atoms with Crippen molar-refractivity contribution in [3.8, 4) is 62.7 Å². The van der Waals surface area contributed by atoms with Gasteiger partial charge in [0, 0.05) is 109 Å². The molecule has 3 aromatic carbocycles. The number of phenols is 1. The van der Waals surface area contributed by atoms with E-state index < -0.39 is 85.8 Å². The Kier molecular flexibility index (Phi) is 33.0. The second-order valence-corrected chi connectivity index (χ2v) is 46.8. The Hall–Kier alpha value is -14.8. The lowest BCUT2D eigenvalue weighted by atomic mass is 9.73. The number of para-hydroxylation sites is 1. The van der Waals surface area contributed by atoms with Crippen molar-refractivity contribution in [1.29, 1.82) is 0 Å². The summed E-state index contributed by atoms with van der Waals surface area (Å²) >= 11 is 0. The summed E-state index contributed by atoms with van der Waals surface area (Å²) in [6, 6.07) is 41.5. The third kappa shape index (κ3) is 25.5. The highest BCUT2D eigenvalue weighted by molar-refractivity contribution is 7.91. The van der Waals surface area contributed by atoms with Crippen LogP contribution in [-0.2, 0) is 40.1 Å². The highest BCUT2D eigenvalue weighted by Crippen LogP contribution is 2.51. The number of carbonyl (C=O) groups is 4. The number of phenolic OH excluding ortho intramolecular Hbond substituents is 1. The van der Waals surface area contributed by atoms with Crippen LogP contribution in [0, 0.1) is 53.1 Å². The first-order valence-corrected chi connectivity index (χ1v) is 54.3. The molecule has 12 N–H and O–H groups in total. The molecular formula is C104H123F2N21O17S4. The monoisotopic (exact) mass is 2100 g/mol. The van der Waals surface area contributed by atoms with E-state index in [0.717, 1.165) is 64.0 Å². The predicted octanol–water partition coefficient (Wildman–Crippen LogP) is 14.6. The molecule has 4 aliphatic heterocycles. The van der Waals surface area contributed by atoms with E-state index in [1.54, 1.807) is 83.7 Å². The molecule has 0 radical (unpaired) electrons. The van der Waals surface area contributed by atoms with Gasteiger partial charge in [0.15, 0.2) is 15.7 Å². The molecule has 3 unspecified atom stereocenters. The average molecular weight is 2110 g/mol. The molecule has 4 amide bonds. The molecular weight excluding hydrogens is 1980 g/mol. The fourth-order valence-corrected chi connectivity index (χ4v) is 23.3. The van der Waals surface area contributed by atoms with Gasteiger partial charge in [-0.3, -0.25) is 24.0 Å². The first-order chi connectivity index (χ1) is 69.9. The highest BCUT2D eigenvalue weighted by atomic mass is 32.2. The topological polar surface area (TPSA) is 533 Å². The van der Waals surface area contributed by atoms with E-state index in [9.17, 15) is 71.5 Å². The first kappa shape index (κ1) is 109. The molecule has 1 saturated carbocycles. The normalized spacial score (nSPS) is 17.8. The van der Waals surface area contributed by atoms with Crippen LogP contribution >= 0.6 is 0 Å². The molecule has 5 atom stereocenters. The maximum atomic E-state index is 14.6. The number of aromatic amines is 1. The largest absolute Gasteiger partial charge is 0.507 e. The van der Waals surface area contributed by atoms with E-state index in [1.807, 2.05) is 61.0 Å². The number of methoxy groups -OCH3 is 1. The van der Waals surface area contributed by atoms with Crippen molar-refractivity contribution < 1.29 is 80.9 Å². The maximum absolute atomic E-state index is 14.6. The zero-order valence-electron chi connectivity index (χ0n) is 84.5. The smallest absolute Gasteiger partial charge is 0.281 e. The summed E-state index contributed by atoms with van der Waals surface area (Å²) in [5.74, 6) is 0.900. The summed E-state index contributed by atoms with van der Waals surface area (Å²) in [6.07, 6.45) is 13.5. The molecule has 1 spiro atoms. The van der Waals surface area contributed by atoms with Gasteiger partial charge in [0.1, 0.15) is 79.4 Å². The van der Waals surface area contributed by atoms with Crippen LogP contribution in [0.15, 0.2) is 219 Å². The molecule has 784 valence electrons. The number of carbonyl (C=O) groups excluding carboxylic acids is 4. The lowest BCUT2D eigenvalue weighted by Crippen LogP contribution is -2.50. The number of H-pyrrole nitrogens is 1. The Morgan fingerprint density at radius 3 is 1.55 bits per heavy atom. The second-order valence-electron chi connectivity index (χ2n) is 40.2. The number of anilines is 7. The van der Waals surface area contributed by atoms with Crippen LogP contribution in [0.25, 0.3) is 39.6 Å². The first-order valence-electron chi connectivity index (χ1n) is 48.4. The fourth-order valence-electron chi connectivity index (χ4n) is 19.2. The summed E-state index contributed by atoms with van der Waals surface area (Å²) in [5.41, 5.74) is 18.8. The van der Waals surface area contributed by atoms with Crippen LogP contribution in [0.5, 0.6) is 23.1 Å². The number of aromatic hydroxyl groups is 1. The number of benzene rings is 3. The van der Waals surface area contributed by atoms with Gasteiger partial charge in [-0.05, 0) is 254 Å².